The van der Waals surface area contributed by atoms with Crippen LogP contribution in [0.5, 0.6) is 46.0 Å². The van der Waals surface area contributed by atoms with Crippen LogP contribution in [0, 0.1) is 0 Å². The molecule has 112 heavy (non-hydrogen) atoms. The van der Waals surface area contributed by atoms with Gasteiger partial charge in [-0.2, -0.15) is 0 Å². The Bertz CT molecular complexity index is 4670. The third-order valence-electron chi connectivity index (χ3n) is 23.2. The summed E-state index contributed by atoms with van der Waals surface area (Å²) in [6.07, 6.45) is 3.80. The van der Waals surface area contributed by atoms with Crippen molar-refractivity contribution in [2.45, 2.75) is 156 Å². The Morgan fingerprint density at radius 2 is 0.286 bits per heavy atom. The van der Waals surface area contributed by atoms with Crippen molar-refractivity contribution in [3.63, 3.8) is 0 Å². The van der Waals surface area contributed by atoms with Gasteiger partial charge in [-0.15, -0.1) is 0 Å². The fourth-order valence-electron chi connectivity index (χ4n) is 17.3. The highest BCUT2D eigenvalue weighted by molar-refractivity contribution is 5.76. The molecular formula is C104H104O8. The van der Waals surface area contributed by atoms with Crippen LogP contribution in [-0.4, -0.2) is 52.9 Å². The maximum Gasteiger partial charge on any atom is 0.126 e. The van der Waals surface area contributed by atoms with Gasteiger partial charge in [-0.25, -0.2) is 0 Å². The summed E-state index contributed by atoms with van der Waals surface area (Å²) in [7, 11) is 0. The zero-order valence-electron chi connectivity index (χ0n) is 67.4. The summed E-state index contributed by atoms with van der Waals surface area (Å²) >= 11 is 0. The summed E-state index contributed by atoms with van der Waals surface area (Å²) in [5, 5.41) is 0. The van der Waals surface area contributed by atoms with E-state index in [0.29, 0.717) is 51.4 Å². The lowest BCUT2D eigenvalue weighted by molar-refractivity contribution is 0.207. The van der Waals surface area contributed by atoms with Gasteiger partial charge in [0.2, 0.25) is 0 Å². The van der Waals surface area contributed by atoms with Gasteiger partial charge < -0.3 is 37.9 Å². The molecule has 0 N–H and O–H groups in total. The first-order chi connectivity index (χ1) is 53.9. The van der Waals surface area contributed by atoms with Gasteiger partial charge in [0.15, 0.2) is 0 Å². The van der Waals surface area contributed by atoms with Crippen LogP contribution in [0.1, 0.15) is 194 Å². The molecule has 2 aliphatic carbocycles. The second-order valence-electron chi connectivity index (χ2n) is 35.7. The van der Waals surface area contributed by atoms with E-state index in [2.05, 4.69) is 301 Å². The van der Waals surface area contributed by atoms with Crippen LogP contribution in [0.25, 0.3) is 44.5 Å². The molecule has 8 nitrogen and oxygen atoms in total. The molecule has 12 aromatic carbocycles. The van der Waals surface area contributed by atoms with E-state index in [-0.39, 0.29) is 74.5 Å². The van der Waals surface area contributed by atoms with E-state index in [1.54, 1.807) is 0 Å². The summed E-state index contributed by atoms with van der Waals surface area (Å²) in [6.45, 7) is 29.8. The zero-order valence-corrected chi connectivity index (χ0v) is 67.4. The zero-order chi connectivity index (χ0) is 77.2. The van der Waals surface area contributed by atoms with Crippen LogP contribution >= 0.6 is 0 Å². The summed E-state index contributed by atoms with van der Waals surface area (Å²) in [6, 6.07) is 81.5. The number of benzene rings is 12. The predicted molar refractivity (Wildman–Crippen MR) is 454 cm³/mol. The first kappa shape index (κ1) is 73.8. The highest BCUT2D eigenvalue weighted by Crippen LogP contribution is 2.49. The van der Waals surface area contributed by atoms with Crippen LogP contribution in [0.4, 0.5) is 0 Å². The second-order valence-corrected chi connectivity index (χ2v) is 35.7. The molecule has 0 radical (unpaired) electrons. The molecular weight excluding hydrogens is 1380 g/mol. The first-order valence-electron chi connectivity index (χ1n) is 40.5. The van der Waals surface area contributed by atoms with Crippen LogP contribution < -0.4 is 37.9 Å². The van der Waals surface area contributed by atoms with Gasteiger partial charge in [-0.3, -0.25) is 0 Å². The van der Waals surface area contributed by atoms with Crippen molar-refractivity contribution in [3.8, 4) is 90.5 Å². The molecule has 0 saturated carbocycles. The summed E-state index contributed by atoms with van der Waals surface area (Å²) < 4.78 is 62.0. The largest absolute Gasteiger partial charge is 0.489 e. The van der Waals surface area contributed by atoms with Crippen molar-refractivity contribution in [1.29, 1.82) is 0 Å². The summed E-state index contributed by atoms with van der Waals surface area (Å²) in [4.78, 5) is 0. The number of rotatable bonds is 4. The molecule has 0 unspecified atom stereocenters. The summed E-state index contributed by atoms with van der Waals surface area (Å²) in [5.74, 6) is 6.58. The summed E-state index contributed by atoms with van der Waals surface area (Å²) in [5.41, 5.74) is 29.3. The third-order valence-corrected chi connectivity index (χ3v) is 23.2. The molecule has 0 amide bonds. The maximum absolute atomic E-state index is 7.76. The average molecular weight is 1480 g/mol. The van der Waals surface area contributed by atoms with Gasteiger partial charge in [0.1, 0.15) is 98.9 Å². The highest BCUT2D eigenvalue weighted by atomic mass is 16.5. The molecule has 0 saturated heterocycles. The minimum Gasteiger partial charge on any atom is -0.489 e. The number of ether oxygens (including phenoxy) is 8. The van der Waals surface area contributed by atoms with Crippen molar-refractivity contribution < 1.29 is 37.9 Å². The standard InChI is InChI=1S/C104H104O8/c1-101(2,3)89-57-81-53-83-59-90(102(4,5)6)61-85-55-87-63-92(104(10,11)12)64-88-56-86-62-91(103(7,8)9)60-84-54-82(58-89)97(81)109-37-33-105-93-73-41-69(65-25-17-13-18-26-65)42-74(93)50-76-44-71(67-29-21-15-22-30-67)46-78(95(76)107-35-39-111-99(84)86)52-80-48-72(68-31-23-16-24-32-68)47-79(96(80)108-36-40-112-100(87)88)51-77-45-70(66-27-19-14-20-28-66)43-75(49-73)94(77)106-34-38-110-98(83)85/h13-32,41-48,57-64H,33-40,49-56H2,1-12H3. The monoisotopic (exact) mass is 1480 g/mol. The van der Waals surface area contributed by atoms with Gasteiger partial charge in [-0.1, -0.05) is 253 Å². The fraction of sp³-hybridized carbons (Fsp3) is 0.308. The van der Waals surface area contributed by atoms with Gasteiger partial charge >= 0.3 is 0 Å². The van der Waals surface area contributed by atoms with Gasteiger partial charge in [0, 0.05) is 51.4 Å². The normalized spacial score (nSPS) is 15.0. The van der Waals surface area contributed by atoms with Crippen LogP contribution in [0.3, 0.4) is 0 Å². The van der Waals surface area contributed by atoms with Crippen molar-refractivity contribution in [3.05, 3.63) is 330 Å². The Balaban J connectivity index is 1.03. The molecule has 568 valence electrons. The Labute approximate surface area is 663 Å². The quantitative estimate of drug-likeness (QED) is 0.173. The smallest absolute Gasteiger partial charge is 0.126 e. The van der Waals surface area contributed by atoms with Crippen molar-refractivity contribution in [1.82, 2.24) is 0 Å². The van der Waals surface area contributed by atoms with E-state index in [0.717, 1.165) is 180 Å². The topological polar surface area (TPSA) is 73.8 Å². The molecule has 0 atom stereocenters. The van der Waals surface area contributed by atoms with Crippen molar-refractivity contribution in [2.75, 3.05) is 52.9 Å². The van der Waals surface area contributed by atoms with E-state index in [1.807, 2.05) is 0 Å². The molecule has 8 heteroatoms. The highest BCUT2D eigenvalue weighted by Gasteiger charge is 2.33. The van der Waals surface area contributed by atoms with E-state index in [4.69, 9.17) is 37.9 Å². The van der Waals surface area contributed by atoms with E-state index in [1.165, 1.54) is 22.3 Å². The van der Waals surface area contributed by atoms with Crippen molar-refractivity contribution >= 4 is 0 Å². The number of fused-ring (bicyclic) bond motifs is 12. The molecule has 0 aromatic heterocycles. The Kier molecular flexibility index (Phi) is 19.7. The molecule has 4 heterocycles. The minimum absolute atomic E-state index is 0.234. The number of hydrogen-bond donors (Lipinski definition) is 0. The Morgan fingerprint density at radius 1 is 0.161 bits per heavy atom. The van der Waals surface area contributed by atoms with Gasteiger partial charge in [-0.05, 0) is 226 Å². The molecule has 18 rings (SSSR count). The van der Waals surface area contributed by atoms with E-state index < -0.39 is 0 Å². The van der Waals surface area contributed by atoms with E-state index in [9.17, 15) is 0 Å². The molecule has 0 spiro atoms. The van der Waals surface area contributed by atoms with E-state index >= 15 is 0 Å². The van der Waals surface area contributed by atoms with Crippen LogP contribution in [0.2, 0.25) is 0 Å². The SMILES string of the molecule is CC(C)(C)c1cc2c3c(c1)Cc1cc(C(C)(C)C)cc4c1OCCOc1c5cc(-c6ccccc6)cc1Cc1cc(-c6ccccc6)cc6c1OCCOc1c(cc(C(C)(C)C)cc1C4)Cc1cc(C(C)(C)C)cc(c1OCCOc1c(cc(-c4ccccc4)cc1C6)Cc1cc(-c4ccccc4)cc(c1OCCO3)C5)C2. The maximum atomic E-state index is 7.76. The van der Waals surface area contributed by atoms with Crippen molar-refractivity contribution in [2.24, 2.45) is 0 Å². The lowest BCUT2D eigenvalue weighted by Crippen LogP contribution is -2.20. The predicted octanol–water partition coefficient (Wildman–Crippen LogP) is 23.7. The number of hydrogen-bond acceptors (Lipinski definition) is 8. The fourth-order valence-corrected chi connectivity index (χ4v) is 17.3. The third kappa shape index (κ3) is 15.3. The molecule has 24 bridgehead atoms. The molecule has 6 aliphatic rings. The van der Waals surface area contributed by atoms with Gasteiger partial charge in [0.05, 0.1) is 0 Å². The minimum atomic E-state index is -0.256. The van der Waals surface area contributed by atoms with Crippen LogP contribution in [0.15, 0.2) is 218 Å². The van der Waals surface area contributed by atoms with Crippen LogP contribution in [-0.2, 0) is 73.0 Å². The average Bonchev–Trinajstić information content (AvgIpc) is 0.759. The molecule has 0 fully saturated rings. The van der Waals surface area contributed by atoms with Gasteiger partial charge in [0.25, 0.3) is 0 Å². The lowest BCUT2D eigenvalue weighted by Gasteiger charge is -2.30. The first-order valence-corrected chi connectivity index (χ1v) is 40.5. The Hall–Kier alpha value is -11.0. The molecule has 12 aromatic rings. The Morgan fingerprint density at radius 3 is 0.411 bits per heavy atom. The lowest BCUT2D eigenvalue weighted by atomic mass is 9.79. The molecule has 4 aliphatic heterocycles. The second kappa shape index (κ2) is 29.9.